The number of hydrogen-bond acceptors (Lipinski definition) is 2. The molecular formula is C24H22S2. The highest BCUT2D eigenvalue weighted by Crippen LogP contribution is 2.46. The van der Waals surface area contributed by atoms with E-state index in [0.29, 0.717) is 10.5 Å². The van der Waals surface area contributed by atoms with Crippen LogP contribution in [-0.2, 0) is 0 Å². The Balaban J connectivity index is 1.46. The Bertz CT molecular complexity index is 953. The van der Waals surface area contributed by atoms with Crippen molar-refractivity contribution in [1.29, 1.82) is 0 Å². The summed E-state index contributed by atoms with van der Waals surface area (Å²) >= 11 is 0. The lowest BCUT2D eigenvalue weighted by Gasteiger charge is -2.16. The molecule has 0 heterocycles. The summed E-state index contributed by atoms with van der Waals surface area (Å²) in [5.41, 5.74) is 2.79. The molecule has 0 radical (unpaired) electrons. The predicted molar refractivity (Wildman–Crippen MR) is 120 cm³/mol. The average molecular weight is 375 g/mol. The first-order chi connectivity index (χ1) is 12.7. The molecule has 0 aromatic heterocycles. The fourth-order valence-electron chi connectivity index (χ4n) is 3.20. The van der Waals surface area contributed by atoms with E-state index in [2.05, 4.69) is 98.8 Å². The molecule has 0 fully saturated rings. The van der Waals surface area contributed by atoms with Crippen molar-refractivity contribution in [1.82, 2.24) is 0 Å². The number of fused-ring (bicyclic) bond motifs is 2. The van der Waals surface area contributed by atoms with Gasteiger partial charge in [0.15, 0.2) is 0 Å². The highest BCUT2D eigenvalue weighted by atomic mass is 33.1. The molecule has 0 bridgehead atoms. The van der Waals surface area contributed by atoms with Crippen LogP contribution in [0.5, 0.6) is 0 Å². The minimum Gasteiger partial charge on any atom is -0.0856 e. The lowest BCUT2D eigenvalue weighted by molar-refractivity contribution is 1.10. The van der Waals surface area contributed by atoms with E-state index in [-0.39, 0.29) is 0 Å². The van der Waals surface area contributed by atoms with Crippen LogP contribution < -0.4 is 0 Å². The molecule has 4 aromatic carbocycles. The molecule has 0 N–H and O–H groups in total. The molecule has 1 unspecified atom stereocenters. The summed E-state index contributed by atoms with van der Waals surface area (Å²) < 4.78 is 0. The van der Waals surface area contributed by atoms with Crippen molar-refractivity contribution in [3.8, 4) is 0 Å². The van der Waals surface area contributed by atoms with Gasteiger partial charge in [-0.3, -0.25) is 0 Å². The van der Waals surface area contributed by atoms with E-state index in [1.807, 2.05) is 21.6 Å². The smallest absolute Gasteiger partial charge is 0.0373 e. The Labute approximate surface area is 163 Å². The van der Waals surface area contributed by atoms with Gasteiger partial charge in [-0.1, -0.05) is 107 Å². The van der Waals surface area contributed by atoms with Gasteiger partial charge in [-0.05, 0) is 46.5 Å². The summed E-state index contributed by atoms with van der Waals surface area (Å²) in [5.74, 6) is 0. The second-order valence-electron chi connectivity index (χ2n) is 6.69. The van der Waals surface area contributed by atoms with Crippen LogP contribution in [0.4, 0.5) is 0 Å². The summed E-state index contributed by atoms with van der Waals surface area (Å²) in [5, 5.41) is 6.20. The van der Waals surface area contributed by atoms with Gasteiger partial charge in [-0.2, -0.15) is 0 Å². The number of benzene rings is 4. The largest absolute Gasteiger partial charge is 0.0856 e. The van der Waals surface area contributed by atoms with Crippen LogP contribution >= 0.6 is 21.6 Å². The molecule has 0 aliphatic carbocycles. The molecule has 4 aromatic rings. The highest BCUT2D eigenvalue weighted by Gasteiger charge is 2.12. The van der Waals surface area contributed by atoms with E-state index in [1.165, 1.54) is 32.7 Å². The van der Waals surface area contributed by atoms with Gasteiger partial charge in [0.1, 0.15) is 0 Å². The summed E-state index contributed by atoms with van der Waals surface area (Å²) in [4.78, 5) is 0. The first-order valence-corrected chi connectivity index (χ1v) is 11.3. The quantitative estimate of drug-likeness (QED) is 0.323. The maximum atomic E-state index is 2.33. The first kappa shape index (κ1) is 17.5. The Morgan fingerprint density at radius 2 is 0.885 bits per heavy atom. The van der Waals surface area contributed by atoms with Gasteiger partial charge in [0.25, 0.3) is 0 Å². The Kier molecular flexibility index (Phi) is 5.23. The van der Waals surface area contributed by atoms with Gasteiger partial charge >= 0.3 is 0 Å². The summed E-state index contributed by atoms with van der Waals surface area (Å²) in [7, 11) is 3.93. The van der Waals surface area contributed by atoms with Crippen molar-refractivity contribution in [2.75, 3.05) is 0 Å². The Morgan fingerprint density at radius 3 is 1.31 bits per heavy atom. The van der Waals surface area contributed by atoms with E-state index < -0.39 is 0 Å². The molecule has 2 heteroatoms. The summed E-state index contributed by atoms with van der Waals surface area (Å²) in [6.07, 6.45) is 0. The molecule has 2 atom stereocenters. The summed E-state index contributed by atoms with van der Waals surface area (Å²) in [6, 6.07) is 30.8. The van der Waals surface area contributed by atoms with Gasteiger partial charge in [0.2, 0.25) is 0 Å². The van der Waals surface area contributed by atoms with Crippen LogP contribution in [0, 0.1) is 0 Å². The molecule has 0 amide bonds. The van der Waals surface area contributed by atoms with Crippen LogP contribution in [0.2, 0.25) is 0 Å². The van der Waals surface area contributed by atoms with Gasteiger partial charge in [-0.25, -0.2) is 0 Å². The third kappa shape index (κ3) is 3.77. The van der Waals surface area contributed by atoms with Crippen molar-refractivity contribution in [2.24, 2.45) is 0 Å². The van der Waals surface area contributed by atoms with E-state index in [4.69, 9.17) is 0 Å². The van der Waals surface area contributed by atoms with Gasteiger partial charge in [0.05, 0.1) is 0 Å². The monoisotopic (exact) mass is 374 g/mol. The minimum absolute atomic E-state index is 0.465. The molecule has 0 nitrogen and oxygen atoms in total. The van der Waals surface area contributed by atoms with E-state index in [9.17, 15) is 0 Å². The van der Waals surface area contributed by atoms with Crippen molar-refractivity contribution in [3.63, 3.8) is 0 Å². The third-order valence-electron chi connectivity index (χ3n) is 4.83. The fourth-order valence-corrected chi connectivity index (χ4v) is 5.71. The lowest BCUT2D eigenvalue weighted by atomic mass is 10.1. The highest BCUT2D eigenvalue weighted by molar-refractivity contribution is 8.76. The van der Waals surface area contributed by atoms with Crippen LogP contribution in [0.15, 0.2) is 84.9 Å². The average Bonchev–Trinajstić information content (AvgIpc) is 2.71. The van der Waals surface area contributed by atoms with E-state index in [0.717, 1.165) is 0 Å². The molecule has 0 spiro atoms. The zero-order chi connectivity index (χ0) is 17.9. The zero-order valence-electron chi connectivity index (χ0n) is 15.1. The molecule has 0 saturated carbocycles. The van der Waals surface area contributed by atoms with Crippen molar-refractivity contribution >= 4 is 43.1 Å². The normalized spacial score (nSPS) is 13.8. The van der Waals surface area contributed by atoms with Gasteiger partial charge in [0, 0.05) is 10.5 Å². The Morgan fingerprint density at radius 1 is 0.500 bits per heavy atom. The van der Waals surface area contributed by atoms with Crippen molar-refractivity contribution in [3.05, 3.63) is 96.1 Å². The van der Waals surface area contributed by atoms with E-state index >= 15 is 0 Å². The van der Waals surface area contributed by atoms with E-state index in [1.54, 1.807) is 0 Å². The third-order valence-corrected chi connectivity index (χ3v) is 8.13. The SMILES string of the molecule is CC(SS[C@H](C)c1ccc2ccccc2c1)c1ccc2ccccc2c1. The zero-order valence-corrected chi connectivity index (χ0v) is 16.7. The van der Waals surface area contributed by atoms with Crippen LogP contribution in [0.1, 0.15) is 35.5 Å². The molecule has 26 heavy (non-hydrogen) atoms. The maximum Gasteiger partial charge on any atom is 0.0373 e. The second-order valence-corrected chi connectivity index (χ2v) is 9.64. The van der Waals surface area contributed by atoms with Crippen LogP contribution in [0.3, 0.4) is 0 Å². The summed E-state index contributed by atoms with van der Waals surface area (Å²) in [6.45, 7) is 4.60. The molecule has 4 rings (SSSR count). The molecule has 0 aliphatic heterocycles. The molecule has 0 aliphatic rings. The molecule has 0 saturated heterocycles. The standard InChI is InChI=1S/C24H22S2/c1-17(21-13-11-19-7-3-5-9-23(19)15-21)25-26-18(2)22-14-12-20-8-4-6-10-24(20)16-22/h3-18H,1-2H3/t17-,18?/m1/s1. The topological polar surface area (TPSA) is 0 Å². The van der Waals surface area contributed by atoms with Crippen molar-refractivity contribution in [2.45, 2.75) is 24.3 Å². The Hall–Kier alpha value is -1.90. The van der Waals surface area contributed by atoms with Crippen molar-refractivity contribution < 1.29 is 0 Å². The maximum absolute atomic E-state index is 2.33. The van der Waals surface area contributed by atoms with Gasteiger partial charge in [-0.15, -0.1) is 0 Å². The fraction of sp³-hybridized carbons (Fsp3) is 0.167. The molecular weight excluding hydrogens is 352 g/mol. The van der Waals surface area contributed by atoms with Crippen LogP contribution in [-0.4, -0.2) is 0 Å². The number of rotatable bonds is 5. The predicted octanol–water partition coefficient (Wildman–Crippen LogP) is 8.20. The van der Waals surface area contributed by atoms with Gasteiger partial charge < -0.3 is 0 Å². The molecule has 130 valence electrons. The number of hydrogen-bond donors (Lipinski definition) is 0. The lowest BCUT2D eigenvalue weighted by Crippen LogP contribution is -1.90. The van der Waals surface area contributed by atoms with Crippen LogP contribution in [0.25, 0.3) is 21.5 Å². The first-order valence-electron chi connectivity index (χ1n) is 9.00. The minimum atomic E-state index is 0.465. The second kappa shape index (κ2) is 7.77.